The highest BCUT2D eigenvalue weighted by atomic mass is 35.5. The Morgan fingerprint density at radius 1 is 1.08 bits per heavy atom. The number of halogens is 8. The lowest BCUT2D eigenvalue weighted by Crippen LogP contribution is -2.37. The Morgan fingerprint density at radius 3 is 2.24 bits per heavy atom. The number of amides is 1. The maximum Gasteiger partial charge on any atom is 0.405 e. The Morgan fingerprint density at radius 2 is 1.68 bits per heavy atom. The molecule has 0 bridgehead atoms. The van der Waals surface area contributed by atoms with Gasteiger partial charge >= 0.3 is 12.4 Å². The van der Waals surface area contributed by atoms with E-state index in [2.05, 4.69) is 23.8 Å². The summed E-state index contributed by atoms with van der Waals surface area (Å²) in [6.45, 7) is 7.06. The van der Waals surface area contributed by atoms with Crippen molar-refractivity contribution in [2.45, 2.75) is 63.2 Å². The van der Waals surface area contributed by atoms with Gasteiger partial charge in [0, 0.05) is 22.0 Å². The molecule has 2 aliphatic rings. The summed E-state index contributed by atoms with van der Waals surface area (Å²) in [4.78, 5) is 13.8. The smallest absolute Gasteiger partial charge is 0.379 e. The van der Waals surface area contributed by atoms with E-state index in [9.17, 15) is 31.1 Å². The fraction of sp³-hybridized carbons (Fsp3) is 0.500. The molecule has 3 nitrogen and oxygen atoms in total. The first-order chi connectivity index (χ1) is 17.5. The third-order valence-corrected chi connectivity index (χ3v) is 8.56. The lowest BCUT2D eigenvalue weighted by molar-refractivity contribution is -0.201. The van der Waals surface area contributed by atoms with E-state index in [1.165, 1.54) is 12.2 Å². The summed E-state index contributed by atoms with van der Waals surface area (Å²) in [6.07, 6.45) is -3.81. The molecule has 2 aliphatic carbocycles. The highest BCUT2D eigenvalue weighted by Crippen LogP contribution is 2.53. The molecule has 0 spiro atoms. The van der Waals surface area contributed by atoms with E-state index >= 15 is 0 Å². The molecule has 2 unspecified atom stereocenters. The molecule has 0 fully saturated rings. The van der Waals surface area contributed by atoms with Crippen molar-refractivity contribution in [3.8, 4) is 0 Å². The van der Waals surface area contributed by atoms with Crippen LogP contribution in [0.4, 0.5) is 26.3 Å². The normalized spacial score (nSPS) is 19.6. The van der Waals surface area contributed by atoms with E-state index in [1.54, 1.807) is 0 Å². The number of alkyl halides is 7. The number of carbonyl (C=O) groups excluding carboxylic acids is 1. The van der Waals surface area contributed by atoms with Gasteiger partial charge in [-0.25, -0.2) is 0 Å². The fourth-order valence-corrected chi connectivity index (χ4v) is 6.53. The van der Waals surface area contributed by atoms with E-state index in [1.807, 2.05) is 0 Å². The summed E-state index contributed by atoms with van der Waals surface area (Å²) in [6, 6.07) is 0. The second-order valence-electron chi connectivity index (χ2n) is 9.72. The quantitative estimate of drug-likeness (QED) is 0.222. The predicted octanol–water partition coefficient (Wildman–Crippen LogP) is 8.05. The van der Waals surface area contributed by atoms with Crippen LogP contribution in [0.25, 0.3) is 5.57 Å². The molecule has 0 saturated carbocycles. The maximum atomic E-state index is 14.5. The number of carbonyl (C=O) groups is 1. The van der Waals surface area contributed by atoms with Crippen molar-refractivity contribution in [2.24, 2.45) is 5.41 Å². The van der Waals surface area contributed by atoms with E-state index in [4.69, 9.17) is 23.2 Å². The van der Waals surface area contributed by atoms with Gasteiger partial charge < -0.3 is 10.6 Å². The second-order valence-corrected chi connectivity index (χ2v) is 11.8. The summed E-state index contributed by atoms with van der Waals surface area (Å²) < 4.78 is 80.6. The van der Waals surface area contributed by atoms with Gasteiger partial charge in [-0.05, 0) is 67.4 Å². The zero-order chi connectivity index (χ0) is 28.5. The van der Waals surface area contributed by atoms with E-state index in [0.717, 1.165) is 42.2 Å². The lowest BCUT2D eigenvalue weighted by Gasteiger charge is -2.36. The topological polar surface area (TPSA) is 41.1 Å². The number of rotatable bonds is 9. The van der Waals surface area contributed by atoms with Crippen LogP contribution in [0.3, 0.4) is 0 Å². The summed E-state index contributed by atoms with van der Waals surface area (Å²) >= 11 is 13.3. The van der Waals surface area contributed by atoms with Crippen LogP contribution in [0.15, 0.2) is 41.6 Å². The van der Waals surface area contributed by atoms with Gasteiger partial charge in [-0.2, -0.15) is 26.3 Å². The maximum absolute atomic E-state index is 14.5. The highest BCUT2D eigenvalue weighted by Gasteiger charge is 2.53. The van der Waals surface area contributed by atoms with Crippen molar-refractivity contribution in [3.05, 3.63) is 62.5 Å². The number of nitrogens with one attached hydrogen (secondary N) is 2. The molecule has 1 heterocycles. The predicted molar refractivity (Wildman–Crippen MR) is 141 cm³/mol. The van der Waals surface area contributed by atoms with Crippen molar-refractivity contribution in [1.29, 1.82) is 0 Å². The van der Waals surface area contributed by atoms with Crippen LogP contribution < -0.4 is 10.6 Å². The molecule has 2 atom stereocenters. The van der Waals surface area contributed by atoms with Crippen molar-refractivity contribution in [3.63, 3.8) is 0 Å². The van der Waals surface area contributed by atoms with Gasteiger partial charge in [0.2, 0.25) is 0 Å². The van der Waals surface area contributed by atoms with Crippen LogP contribution in [-0.4, -0.2) is 36.7 Å². The van der Waals surface area contributed by atoms with Crippen molar-refractivity contribution < 1.29 is 31.1 Å². The number of thiophene rings is 1. The minimum atomic E-state index is -4.63. The van der Waals surface area contributed by atoms with Gasteiger partial charge in [-0.1, -0.05) is 30.8 Å². The monoisotopic (exact) mass is 600 g/mol. The molecule has 1 aromatic rings. The number of hydrogen-bond donors (Lipinski definition) is 2. The summed E-state index contributed by atoms with van der Waals surface area (Å²) in [7, 11) is 0. The molecule has 1 aromatic heterocycles. The van der Waals surface area contributed by atoms with Crippen molar-refractivity contribution in [1.82, 2.24) is 10.6 Å². The first kappa shape index (κ1) is 30.6. The van der Waals surface area contributed by atoms with Gasteiger partial charge in [0.1, 0.15) is 6.54 Å². The van der Waals surface area contributed by atoms with E-state index < -0.39 is 42.0 Å². The lowest BCUT2D eigenvalue weighted by atomic mass is 9.73. The molecule has 0 aromatic carbocycles. The molecule has 1 amide bonds. The first-order valence-electron chi connectivity index (χ1n) is 11.9. The molecule has 210 valence electrons. The van der Waals surface area contributed by atoms with Crippen molar-refractivity contribution >= 4 is 46.0 Å². The third kappa shape index (κ3) is 7.18. The molecular weight excluding hydrogens is 573 g/mol. The van der Waals surface area contributed by atoms with Gasteiger partial charge in [0.15, 0.2) is 0 Å². The van der Waals surface area contributed by atoms with Gasteiger partial charge in [-0.3, -0.25) is 4.79 Å². The fourth-order valence-electron chi connectivity index (χ4n) is 4.59. The molecule has 0 radical (unpaired) electrons. The molecular formula is C26H28Cl2F6N2OS. The van der Waals surface area contributed by atoms with E-state index in [-0.39, 0.29) is 34.8 Å². The molecule has 38 heavy (non-hydrogen) atoms. The summed E-state index contributed by atoms with van der Waals surface area (Å²) in [5.74, 6) is -0.518. The molecule has 3 rings (SSSR count). The Hall–Kier alpha value is -1.91. The highest BCUT2D eigenvalue weighted by molar-refractivity contribution is 7.15. The zero-order valence-electron chi connectivity index (χ0n) is 20.6. The van der Waals surface area contributed by atoms with Crippen LogP contribution in [0.1, 0.15) is 58.3 Å². The minimum absolute atomic E-state index is 0.0169. The molecule has 0 saturated heterocycles. The molecule has 12 heteroatoms. The Bertz CT molecular complexity index is 1170. The Kier molecular flexibility index (Phi) is 9.41. The minimum Gasteiger partial charge on any atom is -0.379 e. The van der Waals surface area contributed by atoms with Gasteiger partial charge in [0.25, 0.3) is 5.91 Å². The second kappa shape index (κ2) is 11.7. The van der Waals surface area contributed by atoms with Crippen LogP contribution in [0.5, 0.6) is 0 Å². The molecule has 0 aliphatic heterocycles. The van der Waals surface area contributed by atoms with Gasteiger partial charge in [0.05, 0.1) is 22.2 Å². The summed E-state index contributed by atoms with van der Waals surface area (Å²) in [5, 5.41) is 4.24. The van der Waals surface area contributed by atoms with E-state index in [0.29, 0.717) is 22.6 Å². The third-order valence-electron chi connectivity index (χ3n) is 6.64. The summed E-state index contributed by atoms with van der Waals surface area (Å²) in [5.41, 5.74) is -0.569. The standard InChI is InChI=1S/C26H28Cl2F6N2OS/c1-14(11-24(3,26(32,33)34)16-8-17(27)10-18(28)9-16)21-19-6-4-5-7-20(19)22(38-21)23(37)35-12-15(2)36-13-25(29,30)31/h8-9,17,36H,1-2,4-7,10-13H2,3H3,(H,35,37). The molecule has 2 N–H and O–H groups in total. The van der Waals surface area contributed by atoms with Crippen LogP contribution >= 0.6 is 34.5 Å². The number of fused-ring (bicyclic) bond motifs is 1. The number of allylic oxidation sites excluding steroid dienone is 5. The average Bonchev–Trinajstić information content (AvgIpc) is 3.19. The van der Waals surface area contributed by atoms with Crippen LogP contribution in [0, 0.1) is 5.41 Å². The van der Waals surface area contributed by atoms with Crippen molar-refractivity contribution in [2.75, 3.05) is 13.1 Å². The first-order valence-corrected chi connectivity index (χ1v) is 13.5. The number of hydrogen-bond acceptors (Lipinski definition) is 3. The average molecular weight is 601 g/mol. The Labute approximate surface area is 231 Å². The van der Waals surface area contributed by atoms with Crippen LogP contribution in [-0.2, 0) is 12.8 Å². The Balaban J connectivity index is 1.86. The SMILES string of the molecule is C=C(CNC(=O)c1sc(C(=C)CC(C)(C2=CC(Cl)CC(Cl)=C2)C(F)(F)F)c2c1CCCC2)NCC(F)(F)F. The van der Waals surface area contributed by atoms with Gasteiger partial charge in [-0.15, -0.1) is 22.9 Å². The van der Waals surface area contributed by atoms with Crippen LogP contribution in [0.2, 0.25) is 0 Å². The zero-order valence-corrected chi connectivity index (χ0v) is 23.0. The largest absolute Gasteiger partial charge is 0.405 e.